The van der Waals surface area contributed by atoms with E-state index >= 15 is 0 Å². The third kappa shape index (κ3) is 2.12. The van der Waals surface area contributed by atoms with Gasteiger partial charge in [0.2, 0.25) is 0 Å². The molecule has 0 bridgehead atoms. The van der Waals surface area contributed by atoms with Gasteiger partial charge in [-0.15, -0.1) is 11.6 Å². The quantitative estimate of drug-likeness (QED) is 0.791. The van der Waals surface area contributed by atoms with Crippen LogP contribution in [-0.2, 0) is 6.42 Å². The van der Waals surface area contributed by atoms with Gasteiger partial charge in [0.25, 0.3) is 0 Å². The average molecular weight is 295 g/mol. The molecular formula is C15H19ClN2O2. The van der Waals surface area contributed by atoms with Crippen LogP contribution in [0.15, 0.2) is 12.1 Å². The van der Waals surface area contributed by atoms with Crippen LogP contribution >= 0.6 is 11.6 Å². The summed E-state index contributed by atoms with van der Waals surface area (Å²) in [5.74, 6) is 3.12. The Bertz CT molecular complexity index is 620. The van der Waals surface area contributed by atoms with E-state index in [9.17, 15) is 0 Å². The average Bonchev–Trinajstić information content (AvgIpc) is 2.73. The normalized spacial score (nSPS) is 15.3. The number of aryl methyl sites for hydroxylation is 1. The van der Waals surface area contributed by atoms with Crippen molar-refractivity contribution in [2.45, 2.75) is 31.7 Å². The molecule has 5 heteroatoms. The number of ether oxygens (including phenoxy) is 2. The minimum atomic E-state index is 0.552. The highest BCUT2D eigenvalue weighted by atomic mass is 35.5. The molecule has 1 aliphatic carbocycles. The van der Waals surface area contributed by atoms with Crippen molar-refractivity contribution in [2.24, 2.45) is 0 Å². The molecule has 108 valence electrons. The lowest BCUT2D eigenvalue weighted by atomic mass is 9.92. The van der Waals surface area contributed by atoms with Gasteiger partial charge in [-0.05, 0) is 19.3 Å². The number of imidazole rings is 1. The lowest BCUT2D eigenvalue weighted by Gasteiger charge is -2.29. The van der Waals surface area contributed by atoms with Crippen LogP contribution in [0.3, 0.4) is 0 Å². The predicted molar refractivity (Wildman–Crippen MR) is 80.1 cm³/mol. The summed E-state index contributed by atoms with van der Waals surface area (Å²) in [6.45, 7) is 0. The maximum absolute atomic E-state index is 5.92. The largest absolute Gasteiger partial charge is 0.493 e. The van der Waals surface area contributed by atoms with E-state index in [0.29, 0.717) is 11.9 Å². The topological polar surface area (TPSA) is 36.3 Å². The molecule has 0 radical (unpaired) electrons. The van der Waals surface area contributed by atoms with Crippen molar-refractivity contribution < 1.29 is 9.47 Å². The van der Waals surface area contributed by atoms with Gasteiger partial charge in [0.15, 0.2) is 11.5 Å². The second-order valence-electron chi connectivity index (χ2n) is 5.12. The third-order valence-electron chi connectivity index (χ3n) is 4.03. The summed E-state index contributed by atoms with van der Waals surface area (Å²) in [5.41, 5.74) is 2.07. The Morgan fingerprint density at radius 2 is 1.95 bits per heavy atom. The molecule has 0 saturated heterocycles. The second kappa shape index (κ2) is 5.52. The van der Waals surface area contributed by atoms with Gasteiger partial charge in [-0.1, -0.05) is 0 Å². The highest BCUT2D eigenvalue weighted by Crippen LogP contribution is 2.39. The minimum absolute atomic E-state index is 0.552. The fourth-order valence-electron chi connectivity index (χ4n) is 2.79. The molecule has 2 aromatic rings. The lowest BCUT2D eigenvalue weighted by molar-refractivity contribution is 0.313. The van der Waals surface area contributed by atoms with Gasteiger partial charge in [-0.3, -0.25) is 0 Å². The van der Waals surface area contributed by atoms with Crippen LogP contribution in [0.1, 0.15) is 31.1 Å². The van der Waals surface area contributed by atoms with Crippen molar-refractivity contribution in [1.82, 2.24) is 9.55 Å². The standard InChI is InChI=1S/C15H19ClN2O2/c1-19-13-8-11-12(9-14(13)20-2)18(10-4-3-5-10)15(17-11)6-7-16/h8-10H,3-7H2,1-2H3. The Kier molecular flexibility index (Phi) is 3.74. The first-order valence-electron chi connectivity index (χ1n) is 6.97. The molecule has 0 spiro atoms. The highest BCUT2D eigenvalue weighted by molar-refractivity contribution is 6.17. The van der Waals surface area contributed by atoms with Crippen molar-refractivity contribution in [3.05, 3.63) is 18.0 Å². The van der Waals surface area contributed by atoms with Crippen molar-refractivity contribution in [2.75, 3.05) is 20.1 Å². The van der Waals surface area contributed by atoms with Crippen LogP contribution in [0.2, 0.25) is 0 Å². The fraction of sp³-hybridized carbons (Fsp3) is 0.533. The zero-order valence-corrected chi connectivity index (χ0v) is 12.6. The summed E-state index contributed by atoms with van der Waals surface area (Å²) in [4.78, 5) is 4.73. The summed E-state index contributed by atoms with van der Waals surface area (Å²) >= 11 is 5.92. The van der Waals surface area contributed by atoms with Gasteiger partial charge in [-0.2, -0.15) is 0 Å². The molecule has 1 heterocycles. The van der Waals surface area contributed by atoms with E-state index in [1.807, 2.05) is 12.1 Å². The molecule has 0 N–H and O–H groups in total. The number of rotatable bonds is 5. The van der Waals surface area contributed by atoms with Gasteiger partial charge in [0, 0.05) is 30.5 Å². The minimum Gasteiger partial charge on any atom is -0.493 e. The Morgan fingerprint density at radius 1 is 1.25 bits per heavy atom. The number of hydrogen-bond acceptors (Lipinski definition) is 3. The van der Waals surface area contributed by atoms with Gasteiger partial charge >= 0.3 is 0 Å². The van der Waals surface area contributed by atoms with E-state index in [0.717, 1.165) is 34.8 Å². The molecule has 0 aliphatic heterocycles. The zero-order chi connectivity index (χ0) is 14.1. The summed E-state index contributed by atoms with van der Waals surface area (Å²) in [5, 5.41) is 0. The SMILES string of the molecule is COc1cc2nc(CCCl)n(C3CCC3)c2cc1OC. The number of nitrogens with zero attached hydrogens (tertiary/aromatic N) is 2. The molecule has 1 aliphatic rings. The monoisotopic (exact) mass is 294 g/mol. The summed E-state index contributed by atoms with van der Waals surface area (Å²) in [6, 6.07) is 4.52. The van der Waals surface area contributed by atoms with Crippen LogP contribution in [-0.4, -0.2) is 29.7 Å². The van der Waals surface area contributed by atoms with Crippen LogP contribution < -0.4 is 9.47 Å². The van der Waals surface area contributed by atoms with Crippen LogP contribution in [0.25, 0.3) is 11.0 Å². The molecule has 20 heavy (non-hydrogen) atoms. The van der Waals surface area contributed by atoms with Crippen LogP contribution in [0.5, 0.6) is 11.5 Å². The van der Waals surface area contributed by atoms with E-state index in [2.05, 4.69) is 4.57 Å². The number of alkyl halides is 1. The van der Waals surface area contributed by atoms with E-state index in [1.165, 1.54) is 19.3 Å². The summed E-state index contributed by atoms with van der Waals surface area (Å²) < 4.78 is 13.1. The molecule has 0 amide bonds. The van der Waals surface area contributed by atoms with Crippen molar-refractivity contribution in [3.63, 3.8) is 0 Å². The van der Waals surface area contributed by atoms with Gasteiger partial charge in [-0.25, -0.2) is 4.98 Å². The number of halogens is 1. The molecule has 1 aromatic heterocycles. The molecular weight excluding hydrogens is 276 g/mol. The van der Waals surface area contributed by atoms with E-state index in [4.69, 9.17) is 26.1 Å². The first-order chi connectivity index (χ1) is 9.78. The maximum Gasteiger partial charge on any atom is 0.163 e. The Labute approximate surface area is 123 Å². The fourth-order valence-corrected chi connectivity index (χ4v) is 2.95. The van der Waals surface area contributed by atoms with Crippen LogP contribution in [0, 0.1) is 0 Å². The van der Waals surface area contributed by atoms with Crippen molar-refractivity contribution in [3.8, 4) is 11.5 Å². The molecule has 0 unspecified atom stereocenters. The molecule has 0 atom stereocenters. The van der Waals surface area contributed by atoms with Gasteiger partial charge in [0.05, 0.1) is 25.3 Å². The van der Waals surface area contributed by atoms with E-state index < -0.39 is 0 Å². The Balaban J connectivity index is 2.18. The van der Waals surface area contributed by atoms with Gasteiger partial charge in [0.1, 0.15) is 5.82 Å². The summed E-state index contributed by atoms with van der Waals surface area (Å²) in [6.07, 6.45) is 4.51. The first kappa shape index (κ1) is 13.6. The predicted octanol–water partition coefficient (Wildman–Crippen LogP) is 3.56. The summed E-state index contributed by atoms with van der Waals surface area (Å²) in [7, 11) is 3.31. The number of fused-ring (bicyclic) bond motifs is 1. The molecule has 3 rings (SSSR count). The zero-order valence-electron chi connectivity index (χ0n) is 11.9. The molecule has 4 nitrogen and oxygen atoms in total. The van der Waals surface area contributed by atoms with Crippen molar-refractivity contribution in [1.29, 1.82) is 0 Å². The number of hydrogen-bond donors (Lipinski definition) is 0. The second-order valence-corrected chi connectivity index (χ2v) is 5.50. The lowest BCUT2D eigenvalue weighted by Crippen LogP contribution is -2.19. The van der Waals surface area contributed by atoms with Gasteiger partial charge < -0.3 is 14.0 Å². The first-order valence-corrected chi connectivity index (χ1v) is 7.50. The molecule has 1 aromatic carbocycles. The van der Waals surface area contributed by atoms with Crippen LogP contribution in [0.4, 0.5) is 0 Å². The smallest absolute Gasteiger partial charge is 0.163 e. The molecule has 1 fully saturated rings. The van der Waals surface area contributed by atoms with E-state index in [1.54, 1.807) is 14.2 Å². The number of methoxy groups -OCH3 is 2. The maximum atomic E-state index is 5.92. The highest BCUT2D eigenvalue weighted by Gasteiger charge is 2.25. The number of benzene rings is 1. The van der Waals surface area contributed by atoms with Crippen molar-refractivity contribution >= 4 is 22.6 Å². The molecule has 1 saturated carbocycles. The Morgan fingerprint density at radius 3 is 2.50 bits per heavy atom. The van der Waals surface area contributed by atoms with E-state index in [-0.39, 0.29) is 0 Å². The number of aromatic nitrogens is 2. The Hall–Kier alpha value is -1.42. The third-order valence-corrected chi connectivity index (χ3v) is 4.21.